The van der Waals surface area contributed by atoms with Crippen LogP contribution in [0.15, 0.2) is 54.6 Å². The smallest absolute Gasteiger partial charge is 0.216 e. The minimum Gasteiger partial charge on any atom is -0.398 e. The molecule has 0 bridgehead atoms. The first-order valence-electron chi connectivity index (χ1n) is 7.27. The van der Waals surface area contributed by atoms with E-state index >= 15 is 0 Å². The second-order valence-electron chi connectivity index (χ2n) is 5.71. The van der Waals surface area contributed by atoms with E-state index < -0.39 is 10.0 Å². The molecule has 22 heavy (non-hydrogen) atoms. The molecule has 0 aliphatic rings. The number of rotatable bonds is 6. The number of nitrogens with two attached hydrogens (primary N) is 1. The number of nitrogen functional groups attached to an aromatic ring is 1. The summed E-state index contributed by atoms with van der Waals surface area (Å²) in [6.45, 7) is 3.95. The van der Waals surface area contributed by atoms with Gasteiger partial charge in [0.25, 0.3) is 0 Å². The lowest BCUT2D eigenvalue weighted by atomic mass is 9.96. The van der Waals surface area contributed by atoms with Crippen molar-refractivity contribution in [3.63, 3.8) is 0 Å². The molecule has 0 aromatic heterocycles. The Bertz CT molecular complexity index is 712. The lowest BCUT2D eigenvalue weighted by Crippen LogP contribution is -2.33. The third-order valence-corrected chi connectivity index (χ3v) is 4.83. The molecule has 2 rings (SSSR count). The maximum Gasteiger partial charge on any atom is 0.216 e. The Kier molecular flexibility index (Phi) is 5.21. The Hall–Kier alpha value is -1.85. The van der Waals surface area contributed by atoms with E-state index in [1.54, 1.807) is 18.2 Å². The van der Waals surface area contributed by atoms with Crippen LogP contribution in [0.5, 0.6) is 0 Å². The summed E-state index contributed by atoms with van der Waals surface area (Å²) < 4.78 is 27.7. The largest absolute Gasteiger partial charge is 0.398 e. The SMILES string of the molecule is CC(C)C(NS(=O)(=O)Cc1ccccc1)c1ccccc1N. The second-order valence-corrected chi connectivity index (χ2v) is 7.47. The number of nitrogens with one attached hydrogen (secondary N) is 1. The van der Waals surface area contributed by atoms with Gasteiger partial charge in [-0.3, -0.25) is 0 Å². The monoisotopic (exact) mass is 318 g/mol. The summed E-state index contributed by atoms with van der Waals surface area (Å²) in [5, 5.41) is 0. The van der Waals surface area contributed by atoms with E-state index in [1.807, 2.05) is 50.2 Å². The highest BCUT2D eigenvalue weighted by atomic mass is 32.2. The van der Waals surface area contributed by atoms with Gasteiger partial charge in [-0.15, -0.1) is 0 Å². The number of anilines is 1. The standard InChI is InChI=1S/C17H22N2O2S/c1-13(2)17(15-10-6-7-11-16(15)18)19-22(20,21)12-14-8-4-3-5-9-14/h3-11,13,17,19H,12,18H2,1-2H3. The summed E-state index contributed by atoms with van der Waals surface area (Å²) in [6, 6.07) is 16.2. The van der Waals surface area contributed by atoms with Gasteiger partial charge in [0, 0.05) is 5.69 Å². The Morgan fingerprint density at radius 3 is 2.18 bits per heavy atom. The van der Waals surface area contributed by atoms with E-state index in [1.165, 1.54) is 0 Å². The van der Waals surface area contributed by atoms with Gasteiger partial charge in [-0.05, 0) is 23.1 Å². The fourth-order valence-electron chi connectivity index (χ4n) is 2.38. The molecule has 0 aliphatic heterocycles. The van der Waals surface area contributed by atoms with Crippen molar-refractivity contribution in [2.24, 2.45) is 5.92 Å². The highest BCUT2D eigenvalue weighted by molar-refractivity contribution is 7.88. The average Bonchev–Trinajstić information content (AvgIpc) is 2.46. The van der Waals surface area contributed by atoms with Crippen molar-refractivity contribution < 1.29 is 8.42 Å². The molecule has 3 N–H and O–H groups in total. The predicted molar refractivity (Wildman–Crippen MR) is 90.6 cm³/mol. The van der Waals surface area contributed by atoms with Gasteiger partial charge in [0.05, 0.1) is 11.8 Å². The first kappa shape index (κ1) is 16.5. The third kappa shape index (κ3) is 4.32. The van der Waals surface area contributed by atoms with Crippen molar-refractivity contribution in [3.8, 4) is 0 Å². The van der Waals surface area contributed by atoms with Gasteiger partial charge in [-0.25, -0.2) is 13.1 Å². The predicted octanol–water partition coefficient (Wildman–Crippen LogP) is 3.09. The van der Waals surface area contributed by atoms with E-state index in [9.17, 15) is 8.42 Å². The van der Waals surface area contributed by atoms with Crippen LogP contribution >= 0.6 is 0 Å². The van der Waals surface area contributed by atoms with E-state index in [0.717, 1.165) is 11.1 Å². The fourth-order valence-corrected chi connectivity index (χ4v) is 3.88. The van der Waals surface area contributed by atoms with Crippen LogP contribution in [0.25, 0.3) is 0 Å². The van der Waals surface area contributed by atoms with Crippen molar-refractivity contribution in [1.29, 1.82) is 0 Å². The van der Waals surface area contributed by atoms with Crippen LogP contribution in [0.3, 0.4) is 0 Å². The molecule has 2 aromatic carbocycles. The van der Waals surface area contributed by atoms with Gasteiger partial charge in [-0.1, -0.05) is 62.4 Å². The molecule has 0 saturated carbocycles. The van der Waals surface area contributed by atoms with Crippen LogP contribution in [0.4, 0.5) is 5.69 Å². The van der Waals surface area contributed by atoms with Crippen molar-refractivity contribution in [3.05, 3.63) is 65.7 Å². The van der Waals surface area contributed by atoms with E-state index in [-0.39, 0.29) is 17.7 Å². The lowest BCUT2D eigenvalue weighted by molar-refractivity contribution is 0.464. The minimum absolute atomic E-state index is 0.0379. The highest BCUT2D eigenvalue weighted by Gasteiger charge is 2.24. The van der Waals surface area contributed by atoms with Crippen molar-refractivity contribution in [1.82, 2.24) is 4.72 Å². The van der Waals surface area contributed by atoms with Crippen LogP contribution < -0.4 is 10.5 Å². The number of para-hydroxylation sites is 1. The zero-order valence-corrected chi connectivity index (χ0v) is 13.7. The average molecular weight is 318 g/mol. The van der Waals surface area contributed by atoms with Crippen molar-refractivity contribution >= 4 is 15.7 Å². The molecule has 4 nitrogen and oxygen atoms in total. The minimum atomic E-state index is -3.45. The first-order chi connectivity index (χ1) is 10.4. The van der Waals surface area contributed by atoms with Crippen LogP contribution in [0.1, 0.15) is 31.0 Å². The molecular weight excluding hydrogens is 296 g/mol. The van der Waals surface area contributed by atoms with Crippen LogP contribution in [0.2, 0.25) is 0 Å². The van der Waals surface area contributed by atoms with Gasteiger partial charge in [0.2, 0.25) is 10.0 Å². The van der Waals surface area contributed by atoms with Crippen LogP contribution in [0, 0.1) is 5.92 Å². The molecule has 1 atom stereocenters. The summed E-state index contributed by atoms with van der Waals surface area (Å²) in [5.74, 6) is 0.0549. The lowest BCUT2D eigenvalue weighted by Gasteiger charge is -2.24. The number of sulfonamides is 1. The normalized spacial score (nSPS) is 13.2. The molecule has 0 spiro atoms. The molecule has 0 saturated heterocycles. The van der Waals surface area contributed by atoms with Gasteiger partial charge in [-0.2, -0.15) is 0 Å². The fraction of sp³-hybridized carbons (Fsp3) is 0.294. The Morgan fingerprint density at radius 1 is 1.00 bits per heavy atom. The van der Waals surface area contributed by atoms with Gasteiger partial charge >= 0.3 is 0 Å². The number of hydrogen-bond donors (Lipinski definition) is 2. The third-order valence-electron chi connectivity index (χ3n) is 3.50. The zero-order valence-electron chi connectivity index (χ0n) is 12.9. The maximum atomic E-state index is 12.4. The van der Waals surface area contributed by atoms with Crippen LogP contribution in [-0.2, 0) is 15.8 Å². The molecule has 2 aromatic rings. The van der Waals surface area contributed by atoms with Crippen molar-refractivity contribution in [2.45, 2.75) is 25.6 Å². The summed E-state index contributed by atoms with van der Waals surface area (Å²) in [7, 11) is -3.45. The maximum absolute atomic E-state index is 12.4. The second kappa shape index (κ2) is 6.94. The van der Waals surface area contributed by atoms with Gasteiger partial charge < -0.3 is 5.73 Å². The number of benzene rings is 2. The Morgan fingerprint density at radius 2 is 1.59 bits per heavy atom. The molecule has 5 heteroatoms. The molecule has 0 aliphatic carbocycles. The molecule has 118 valence electrons. The molecule has 0 heterocycles. The van der Waals surface area contributed by atoms with E-state index in [0.29, 0.717) is 5.69 Å². The van der Waals surface area contributed by atoms with Gasteiger partial charge in [0.1, 0.15) is 0 Å². The number of hydrogen-bond acceptors (Lipinski definition) is 3. The highest BCUT2D eigenvalue weighted by Crippen LogP contribution is 2.27. The molecule has 0 amide bonds. The Labute approximate surface area is 132 Å². The summed E-state index contributed by atoms with van der Waals surface area (Å²) >= 11 is 0. The van der Waals surface area contributed by atoms with Crippen LogP contribution in [-0.4, -0.2) is 8.42 Å². The molecule has 1 unspecified atom stereocenters. The molecule has 0 radical (unpaired) electrons. The van der Waals surface area contributed by atoms with Crippen molar-refractivity contribution in [2.75, 3.05) is 5.73 Å². The summed E-state index contributed by atoms with van der Waals surface area (Å²) in [5.41, 5.74) is 8.17. The summed E-state index contributed by atoms with van der Waals surface area (Å²) in [4.78, 5) is 0. The quantitative estimate of drug-likeness (QED) is 0.804. The molecular formula is C17H22N2O2S. The Balaban J connectivity index is 2.23. The zero-order chi connectivity index (χ0) is 16.2. The molecule has 0 fully saturated rings. The first-order valence-corrected chi connectivity index (χ1v) is 8.92. The van der Waals surface area contributed by atoms with Gasteiger partial charge in [0.15, 0.2) is 0 Å². The topological polar surface area (TPSA) is 72.2 Å². The summed E-state index contributed by atoms with van der Waals surface area (Å²) in [6.07, 6.45) is 0. The van der Waals surface area contributed by atoms with E-state index in [4.69, 9.17) is 5.73 Å². The van der Waals surface area contributed by atoms with E-state index in [2.05, 4.69) is 4.72 Å².